The van der Waals surface area contributed by atoms with Gasteiger partial charge in [0.25, 0.3) is 5.91 Å². The molecule has 1 amide bonds. The Morgan fingerprint density at radius 1 is 1.07 bits per heavy atom. The molecule has 3 aromatic rings. The predicted octanol–water partition coefficient (Wildman–Crippen LogP) is 3.25. The Morgan fingerprint density at radius 2 is 1.80 bits per heavy atom. The quantitative estimate of drug-likeness (QED) is 0.685. The maximum atomic E-state index is 13.2. The number of rotatable bonds is 6. The van der Waals surface area contributed by atoms with E-state index in [0.717, 1.165) is 23.4 Å². The third-order valence-electron chi connectivity index (χ3n) is 5.24. The maximum Gasteiger partial charge on any atom is 0.254 e. The predicted molar refractivity (Wildman–Crippen MR) is 116 cm³/mol. The smallest absolute Gasteiger partial charge is 0.254 e. The lowest BCUT2D eigenvalue weighted by molar-refractivity contribution is 0.0559. The van der Waals surface area contributed by atoms with Crippen molar-refractivity contribution in [2.24, 2.45) is 0 Å². The summed E-state index contributed by atoms with van der Waals surface area (Å²) in [5, 5.41) is 3.35. The minimum atomic E-state index is -0.0345. The van der Waals surface area contributed by atoms with Crippen LogP contribution in [0, 0.1) is 0 Å². The van der Waals surface area contributed by atoms with E-state index in [4.69, 9.17) is 9.47 Å². The molecule has 0 saturated carbocycles. The Kier molecular flexibility index (Phi) is 6.25. The summed E-state index contributed by atoms with van der Waals surface area (Å²) in [5.41, 5.74) is 2.83. The van der Waals surface area contributed by atoms with Gasteiger partial charge in [0.15, 0.2) is 0 Å². The molecule has 0 spiro atoms. The van der Waals surface area contributed by atoms with Crippen LogP contribution >= 0.6 is 0 Å². The summed E-state index contributed by atoms with van der Waals surface area (Å²) in [6.45, 7) is 2.56. The van der Waals surface area contributed by atoms with Crippen molar-refractivity contribution in [2.75, 3.05) is 33.4 Å². The van der Waals surface area contributed by atoms with Gasteiger partial charge in [-0.25, -0.2) is 0 Å². The monoisotopic (exact) mass is 403 g/mol. The summed E-state index contributed by atoms with van der Waals surface area (Å²) in [6.07, 6.45) is 3.39. The largest absolute Gasteiger partial charge is 0.497 e. The van der Waals surface area contributed by atoms with Crippen LogP contribution in [0.5, 0.6) is 11.5 Å². The maximum absolute atomic E-state index is 13.2. The van der Waals surface area contributed by atoms with Crippen molar-refractivity contribution < 1.29 is 14.3 Å². The fourth-order valence-electron chi connectivity index (χ4n) is 3.56. The van der Waals surface area contributed by atoms with Crippen LogP contribution in [0.3, 0.4) is 0 Å². The topological polar surface area (TPSA) is 63.7 Å². The molecular formula is C24H25N3O3. The number of hydrogen-bond acceptors (Lipinski definition) is 5. The SMILES string of the molecule is COc1ccc(-c2ccc(C(=O)N3CCNCC3COc3cccnc3)cc2)cc1. The third kappa shape index (κ3) is 4.60. The number of aromatic nitrogens is 1. The number of nitrogens with zero attached hydrogens (tertiary/aromatic N) is 2. The second kappa shape index (κ2) is 9.41. The van der Waals surface area contributed by atoms with Crippen LogP contribution < -0.4 is 14.8 Å². The van der Waals surface area contributed by atoms with Gasteiger partial charge < -0.3 is 19.7 Å². The molecule has 1 unspecified atom stereocenters. The molecule has 30 heavy (non-hydrogen) atoms. The molecular weight excluding hydrogens is 378 g/mol. The summed E-state index contributed by atoms with van der Waals surface area (Å²) >= 11 is 0. The summed E-state index contributed by atoms with van der Waals surface area (Å²) in [5.74, 6) is 1.56. The van der Waals surface area contributed by atoms with Gasteiger partial charge in [-0.1, -0.05) is 24.3 Å². The molecule has 6 nitrogen and oxygen atoms in total. The number of ether oxygens (including phenoxy) is 2. The Labute approximate surface area is 176 Å². The third-order valence-corrected chi connectivity index (χ3v) is 5.24. The van der Waals surface area contributed by atoms with Gasteiger partial charge in [0.2, 0.25) is 0 Å². The first kappa shape index (κ1) is 19.9. The van der Waals surface area contributed by atoms with Gasteiger partial charge in [0, 0.05) is 31.4 Å². The van der Waals surface area contributed by atoms with E-state index < -0.39 is 0 Å². The van der Waals surface area contributed by atoms with Gasteiger partial charge >= 0.3 is 0 Å². The molecule has 1 fully saturated rings. The molecule has 1 atom stereocenters. The fourth-order valence-corrected chi connectivity index (χ4v) is 3.56. The molecule has 0 radical (unpaired) electrons. The zero-order valence-corrected chi connectivity index (χ0v) is 17.0. The van der Waals surface area contributed by atoms with Crippen molar-refractivity contribution in [3.8, 4) is 22.6 Å². The van der Waals surface area contributed by atoms with Gasteiger partial charge in [-0.15, -0.1) is 0 Å². The Bertz CT molecular complexity index is 959. The highest BCUT2D eigenvalue weighted by Gasteiger charge is 2.28. The zero-order chi connectivity index (χ0) is 20.8. The first-order valence-electron chi connectivity index (χ1n) is 10.0. The molecule has 1 saturated heterocycles. The molecule has 2 aromatic carbocycles. The minimum absolute atomic E-state index is 0.0255. The second-order valence-corrected chi connectivity index (χ2v) is 7.16. The minimum Gasteiger partial charge on any atom is -0.497 e. The lowest BCUT2D eigenvalue weighted by Crippen LogP contribution is -2.55. The lowest BCUT2D eigenvalue weighted by Gasteiger charge is -2.36. The van der Waals surface area contributed by atoms with Crippen LogP contribution in [0.25, 0.3) is 11.1 Å². The van der Waals surface area contributed by atoms with E-state index in [9.17, 15) is 4.79 Å². The van der Waals surface area contributed by atoms with Crippen molar-refractivity contribution in [2.45, 2.75) is 6.04 Å². The summed E-state index contributed by atoms with van der Waals surface area (Å²) < 4.78 is 11.1. The number of methoxy groups -OCH3 is 1. The second-order valence-electron chi connectivity index (χ2n) is 7.16. The zero-order valence-electron chi connectivity index (χ0n) is 17.0. The number of piperazine rings is 1. The normalized spacial score (nSPS) is 16.2. The van der Waals surface area contributed by atoms with Crippen LogP contribution in [0.15, 0.2) is 73.1 Å². The van der Waals surface area contributed by atoms with Gasteiger partial charge in [-0.2, -0.15) is 0 Å². The molecule has 2 heterocycles. The Hall–Kier alpha value is -3.38. The Morgan fingerprint density at radius 3 is 2.47 bits per heavy atom. The van der Waals surface area contributed by atoms with Crippen LogP contribution in [-0.2, 0) is 0 Å². The lowest BCUT2D eigenvalue weighted by atomic mass is 10.0. The molecule has 154 valence electrons. The summed E-state index contributed by atoms with van der Waals surface area (Å²) in [4.78, 5) is 19.1. The number of nitrogens with one attached hydrogen (secondary N) is 1. The number of amides is 1. The first-order valence-corrected chi connectivity index (χ1v) is 10.0. The summed E-state index contributed by atoms with van der Waals surface area (Å²) in [7, 11) is 1.65. The van der Waals surface area contributed by atoms with Gasteiger partial charge in [-0.05, 0) is 47.5 Å². The van der Waals surface area contributed by atoms with Crippen molar-refractivity contribution >= 4 is 5.91 Å². The standard InChI is InChI=1S/C24H25N3O3/c1-29-22-10-8-19(9-11-22)18-4-6-20(7-5-18)24(28)27-14-13-26-15-21(27)17-30-23-3-2-12-25-16-23/h2-12,16,21,26H,13-15,17H2,1H3. The van der Waals surface area contributed by atoms with E-state index in [2.05, 4.69) is 10.3 Å². The molecule has 1 aliphatic heterocycles. The highest BCUT2D eigenvalue weighted by Crippen LogP contribution is 2.23. The van der Waals surface area contributed by atoms with E-state index in [1.54, 1.807) is 19.5 Å². The molecule has 1 aromatic heterocycles. The molecule has 1 aliphatic rings. The van der Waals surface area contributed by atoms with Crippen LogP contribution in [0.2, 0.25) is 0 Å². The number of benzene rings is 2. The van der Waals surface area contributed by atoms with Gasteiger partial charge in [0.1, 0.15) is 18.1 Å². The van der Waals surface area contributed by atoms with Crippen LogP contribution in [0.4, 0.5) is 0 Å². The molecule has 0 bridgehead atoms. The van der Waals surface area contributed by atoms with Gasteiger partial charge in [-0.3, -0.25) is 9.78 Å². The fraction of sp³-hybridized carbons (Fsp3) is 0.250. The molecule has 6 heteroatoms. The van der Waals surface area contributed by atoms with E-state index >= 15 is 0 Å². The highest BCUT2D eigenvalue weighted by molar-refractivity contribution is 5.95. The number of carbonyl (C=O) groups excluding carboxylic acids is 1. The van der Waals surface area contributed by atoms with Crippen LogP contribution in [-0.4, -0.2) is 55.2 Å². The summed E-state index contributed by atoms with van der Waals surface area (Å²) in [6, 6.07) is 19.3. The number of hydrogen-bond donors (Lipinski definition) is 1. The van der Waals surface area contributed by atoms with Crippen molar-refractivity contribution in [3.63, 3.8) is 0 Å². The Balaban J connectivity index is 1.44. The van der Waals surface area contributed by atoms with E-state index in [1.165, 1.54) is 0 Å². The average molecular weight is 403 g/mol. The molecule has 4 rings (SSSR count). The van der Waals surface area contributed by atoms with Crippen molar-refractivity contribution in [1.29, 1.82) is 0 Å². The van der Waals surface area contributed by atoms with Gasteiger partial charge in [0.05, 0.1) is 19.3 Å². The van der Waals surface area contributed by atoms with Crippen molar-refractivity contribution in [1.82, 2.24) is 15.2 Å². The van der Waals surface area contributed by atoms with Crippen molar-refractivity contribution in [3.05, 3.63) is 78.6 Å². The van der Waals surface area contributed by atoms with Crippen LogP contribution in [0.1, 0.15) is 10.4 Å². The average Bonchev–Trinajstić information content (AvgIpc) is 2.83. The highest BCUT2D eigenvalue weighted by atomic mass is 16.5. The van der Waals surface area contributed by atoms with E-state index in [0.29, 0.717) is 31.0 Å². The number of carbonyl (C=O) groups is 1. The molecule has 0 aliphatic carbocycles. The van der Waals surface area contributed by atoms with E-state index in [-0.39, 0.29) is 11.9 Å². The van der Waals surface area contributed by atoms with E-state index in [1.807, 2.05) is 65.6 Å². The first-order chi connectivity index (χ1) is 14.7. The molecule has 1 N–H and O–H groups in total. The number of pyridine rings is 1.